The Morgan fingerprint density at radius 3 is 1.25 bits per heavy atom. The van der Waals surface area contributed by atoms with E-state index in [1.165, 1.54) is 0 Å². The Bertz CT molecular complexity index is 40.8. The summed E-state index contributed by atoms with van der Waals surface area (Å²) < 4.78 is 4.92. The monoisotopic (exact) mass is 446 g/mol. The zero-order valence-corrected chi connectivity index (χ0v) is 10.8. The van der Waals surface area contributed by atoms with Gasteiger partial charge in [0.15, 0.2) is 0 Å². The molecule has 0 rings (SSSR count). The van der Waals surface area contributed by atoms with Crippen LogP contribution in [0.1, 0.15) is 0 Å². The summed E-state index contributed by atoms with van der Waals surface area (Å²) in [7, 11) is 0. The van der Waals surface area contributed by atoms with E-state index >= 15 is 0 Å². The molecule has 0 saturated carbocycles. The second kappa shape index (κ2) is 4.84. The Labute approximate surface area is 44.2 Å². The fraction of sp³-hybridized carbons (Fsp3) is 1.00. The van der Waals surface area contributed by atoms with Crippen LogP contribution in [0.15, 0.2) is 0 Å². The molecule has 0 aliphatic rings. The van der Waals surface area contributed by atoms with Crippen LogP contribution >= 0.6 is 0 Å². The van der Waals surface area contributed by atoms with Crippen molar-refractivity contribution < 1.29 is 0 Å². The third kappa shape index (κ3) is 3.84. The van der Waals surface area contributed by atoms with Gasteiger partial charge in [-0.3, -0.25) is 0 Å². The Kier molecular flexibility index (Phi) is 7.08. The first-order chi connectivity index (χ1) is 1.91. The van der Waals surface area contributed by atoms with E-state index in [-0.39, 0.29) is 36.0 Å². The predicted octanol–water partition coefficient (Wildman–Crippen LogP) is 0.406. The fourth-order valence-electron chi connectivity index (χ4n) is 0. The third-order valence-electron chi connectivity index (χ3n) is 0.250. The van der Waals surface area contributed by atoms with Crippen molar-refractivity contribution in [1.82, 2.24) is 0 Å². The van der Waals surface area contributed by atoms with Crippen LogP contribution in [0.2, 0.25) is 8.97 Å². The molecule has 0 saturated heterocycles. The maximum atomic E-state index is 2.46. The van der Waals surface area contributed by atoms with Crippen molar-refractivity contribution in [3.8, 4) is 0 Å². The van der Waals surface area contributed by atoms with Crippen LogP contribution in [0.25, 0.3) is 0 Å². The van der Waals surface area contributed by atoms with Crippen LogP contribution in [0.5, 0.6) is 0 Å². The summed E-state index contributed by atoms with van der Waals surface area (Å²) in [6.45, 7) is 0. The van der Waals surface area contributed by atoms with Gasteiger partial charge in [0.25, 0.3) is 0 Å². The van der Waals surface area contributed by atoms with Gasteiger partial charge >= 0.3 is 45.0 Å². The summed E-state index contributed by atoms with van der Waals surface area (Å²) in [5.74, 6) is 0. The standard InChI is InChI=1S/2CH3.2Pb/h2*1H3;;. The molecule has 0 aliphatic carbocycles. The normalized spacial score (nSPS) is 3.50. The van der Waals surface area contributed by atoms with Crippen LogP contribution in [0.4, 0.5) is 0 Å². The second-order valence-electron chi connectivity index (χ2n) is 0.500. The number of hydrogen-bond donors (Lipinski definition) is 0. The van der Waals surface area contributed by atoms with Gasteiger partial charge < -0.3 is 0 Å². The SMILES string of the molecule is [CH3][Pb]#[Pb][CH3]. The van der Waals surface area contributed by atoms with Crippen LogP contribution in [-0.4, -0.2) is 36.0 Å². The quantitative estimate of drug-likeness (QED) is 0.475. The molecular weight excluding hydrogens is 438 g/mol. The first-order valence-corrected chi connectivity index (χ1v) is 28.0. The van der Waals surface area contributed by atoms with Gasteiger partial charge in [0.1, 0.15) is 0 Å². The molecule has 0 N–H and O–H groups in total. The molecule has 0 bridgehead atoms. The number of rotatable bonds is 0. The average Bonchev–Trinajstić information content (AvgIpc) is 1.37. The van der Waals surface area contributed by atoms with Gasteiger partial charge in [-0.05, 0) is 0 Å². The Morgan fingerprint density at radius 2 is 1.25 bits per heavy atom. The Hall–Kier alpha value is 1.84. The van der Waals surface area contributed by atoms with E-state index in [4.69, 9.17) is 0 Å². The van der Waals surface area contributed by atoms with Crippen molar-refractivity contribution in [1.29, 1.82) is 0 Å². The molecule has 22 valence electrons. The second-order valence-corrected chi connectivity index (χ2v) is 38.5. The van der Waals surface area contributed by atoms with Crippen LogP contribution < -0.4 is 0 Å². The Balaban J connectivity index is 2.83. The predicted molar refractivity (Wildman–Crippen MR) is 23.2 cm³/mol. The molecule has 0 radical (unpaired) electrons. The van der Waals surface area contributed by atoms with E-state index in [9.17, 15) is 0 Å². The first-order valence-electron chi connectivity index (χ1n) is 1.25. The van der Waals surface area contributed by atoms with Crippen LogP contribution in [-0.2, 0) is 0 Å². The minimum atomic E-state index is 0.261. The molecule has 0 aromatic carbocycles. The van der Waals surface area contributed by atoms with Gasteiger partial charge in [-0.2, -0.15) is 0 Å². The van der Waals surface area contributed by atoms with E-state index in [0.29, 0.717) is 0 Å². The number of hydrogen-bond acceptors (Lipinski definition) is 0. The van der Waals surface area contributed by atoms with E-state index in [1.807, 2.05) is 0 Å². The Morgan fingerprint density at radius 1 is 1.00 bits per heavy atom. The van der Waals surface area contributed by atoms with Crippen LogP contribution in [0, 0.1) is 0 Å². The average molecular weight is 444 g/mol. The molecule has 0 spiro atoms. The van der Waals surface area contributed by atoms with E-state index in [1.54, 1.807) is 0 Å². The molecule has 0 aliphatic heterocycles. The molecule has 2 heteroatoms. The molecule has 0 amide bonds. The summed E-state index contributed by atoms with van der Waals surface area (Å²) in [6, 6.07) is 0. The first kappa shape index (κ1) is 5.84. The van der Waals surface area contributed by atoms with Crippen molar-refractivity contribution in [3.63, 3.8) is 0 Å². The van der Waals surface area contributed by atoms with Crippen molar-refractivity contribution in [3.05, 3.63) is 0 Å². The van der Waals surface area contributed by atoms with E-state index in [2.05, 4.69) is 8.97 Å². The summed E-state index contributed by atoms with van der Waals surface area (Å²) in [5.41, 5.74) is 0. The summed E-state index contributed by atoms with van der Waals surface area (Å²) in [6.07, 6.45) is 0. The summed E-state index contributed by atoms with van der Waals surface area (Å²) in [5, 5.41) is 0. The van der Waals surface area contributed by atoms with Gasteiger partial charge in [-0.25, -0.2) is 0 Å². The van der Waals surface area contributed by atoms with Crippen molar-refractivity contribution >= 4 is 36.0 Å². The van der Waals surface area contributed by atoms with E-state index < -0.39 is 0 Å². The van der Waals surface area contributed by atoms with E-state index in [0.717, 1.165) is 0 Å². The zero-order chi connectivity index (χ0) is 3.41. The van der Waals surface area contributed by atoms with Gasteiger partial charge in [-0.15, -0.1) is 0 Å². The topological polar surface area (TPSA) is 0 Å². The molecule has 0 atom stereocenters. The summed E-state index contributed by atoms with van der Waals surface area (Å²) >= 11 is 0.522. The van der Waals surface area contributed by atoms with Gasteiger partial charge in [0.2, 0.25) is 0 Å². The maximum absolute atomic E-state index is 2.46. The molecule has 0 aromatic heterocycles. The third-order valence-corrected chi connectivity index (χ3v) is 19.3. The zero-order valence-electron chi connectivity index (χ0n) is 3.00. The molecular formula is C2H6Pb2. The molecule has 0 fully saturated rings. The van der Waals surface area contributed by atoms with Gasteiger partial charge in [0.05, 0.1) is 0 Å². The molecule has 0 heterocycles. The molecule has 4 heavy (non-hydrogen) atoms. The molecule has 0 aromatic rings. The minimum absolute atomic E-state index is 0.261. The fourth-order valence-corrected chi connectivity index (χ4v) is 0. The van der Waals surface area contributed by atoms with Crippen molar-refractivity contribution in [2.24, 2.45) is 0 Å². The van der Waals surface area contributed by atoms with Crippen molar-refractivity contribution in [2.75, 3.05) is 0 Å². The van der Waals surface area contributed by atoms with Crippen molar-refractivity contribution in [2.45, 2.75) is 8.97 Å². The van der Waals surface area contributed by atoms with Crippen LogP contribution in [0.3, 0.4) is 0 Å². The molecule has 0 unspecified atom stereocenters. The van der Waals surface area contributed by atoms with Gasteiger partial charge in [-0.1, -0.05) is 0 Å². The molecule has 0 nitrogen and oxygen atoms in total. The van der Waals surface area contributed by atoms with Gasteiger partial charge in [0, 0.05) is 0 Å². The summed E-state index contributed by atoms with van der Waals surface area (Å²) in [4.78, 5) is 0.